The Morgan fingerprint density at radius 1 is 1.29 bits per heavy atom. The summed E-state index contributed by atoms with van der Waals surface area (Å²) in [7, 11) is -1.58. The van der Waals surface area contributed by atoms with Gasteiger partial charge in [-0.3, -0.25) is 9.36 Å². The average molecular weight is 309 g/mol. The fourth-order valence-corrected chi connectivity index (χ4v) is 3.24. The van der Waals surface area contributed by atoms with Crippen LogP contribution in [0, 0.1) is 0 Å². The molecule has 21 heavy (non-hydrogen) atoms. The van der Waals surface area contributed by atoms with Gasteiger partial charge in [-0.1, -0.05) is 19.1 Å². The van der Waals surface area contributed by atoms with Crippen molar-refractivity contribution in [2.75, 3.05) is 12.3 Å². The number of nitrogens with one attached hydrogen (secondary N) is 1. The predicted octanol–water partition coefficient (Wildman–Crippen LogP) is 0.805. The number of hydrogen-bond donors (Lipinski definition) is 1. The van der Waals surface area contributed by atoms with Gasteiger partial charge in [0.25, 0.3) is 5.56 Å². The quantitative estimate of drug-likeness (QED) is 0.856. The number of hydrogen-bond acceptors (Lipinski definition) is 4. The van der Waals surface area contributed by atoms with Crippen LogP contribution in [0.15, 0.2) is 29.1 Å². The molecule has 0 spiro atoms. The van der Waals surface area contributed by atoms with E-state index in [1.807, 2.05) is 13.0 Å². The maximum atomic E-state index is 12.2. The van der Waals surface area contributed by atoms with Crippen molar-refractivity contribution in [1.29, 1.82) is 0 Å². The fraction of sp³-hybridized carbons (Fsp3) is 0.429. The van der Waals surface area contributed by atoms with Crippen LogP contribution in [0.25, 0.3) is 10.9 Å². The number of nitrogens with zero attached hydrogens (tertiary/aromatic N) is 2. The lowest BCUT2D eigenvalue weighted by atomic mass is 10.2. The molecule has 0 atom stereocenters. The maximum Gasteiger partial charge on any atom is 0.261 e. The molecule has 0 aliphatic rings. The summed E-state index contributed by atoms with van der Waals surface area (Å²) in [4.78, 5) is 16.6. The molecule has 2 rings (SSSR count). The van der Waals surface area contributed by atoms with E-state index in [1.165, 1.54) is 4.57 Å². The highest BCUT2D eigenvalue weighted by Crippen LogP contribution is 2.07. The molecule has 0 unspecified atom stereocenters. The van der Waals surface area contributed by atoms with E-state index in [4.69, 9.17) is 0 Å². The first-order valence-electron chi connectivity index (χ1n) is 6.86. The largest absolute Gasteiger partial charge is 0.299 e. The highest BCUT2D eigenvalue weighted by molar-refractivity contribution is 7.89. The van der Waals surface area contributed by atoms with Crippen LogP contribution in [0.1, 0.15) is 19.2 Å². The zero-order valence-corrected chi connectivity index (χ0v) is 13.0. The lowest BCUT2D eigenvalue weighted by Crippen LogP contribution is -2.30. The third-order valence-corrected chi connectivity index (χ3v) is 4.81. The second-order valence-corrected chi connectivity index (χ2v) is 6.80. The summed E-state index contributed by atoms with van der Waals surface area (Å²) in [6.45, 7) is 2.05. The van der Waals surface area contributed by atoms with Crippen LogP contribution in [0.2, 0.25) is 0 Å². The summed E-state index contributed by atoms with van der Waals surface area (Å²) in [6.07, 6.45) is 0.946. The van der Waals surface area contributed by atoms with Gasteiger partial charge < -0.3 is 0 Å². The lowest BCUT2D eigenvalue weighted by molar-refractivity contribution is 0.578. The third-order valence-electron chi connectivity index (χ3n) is 3.22. The SMILES string of the molecule is CCCS(=O)(=O)NCCc1nc2ccccc2c(=O)n1C. The highest BCUT2D eigenvalue weighted by atomic mass is 32.2. The second kappa shape index (κ2) is 6.36. The zero-order valence-electron chi connectivity index (χ0n) is 12.2. The summed E-state index contributed by atoms with van der Waals surface area (Å²) in [5.74, 6) is 0.676. The van der Waals surface area contributed by atoms with E-state index in [9.17, 15) is 13.2 Å². The Balaban J connectivity index is 2.20. The van der Waals surface area contributed by atoms with E-state index in [0.717, 1.165) is 0 Å². The molecule has 1 heterocycles. The van der Waals surface area contributed by atoms with E-state index in [0.29, 0.717) is 29.6 Å². The molecule has 0 fully saturated rings. The Morgan fingerprint density at radius 2 is 2.00 bits per heavy atom. The van der Waals surface area contributed by atoms with Gasteiger partial charge in [-0.2, -0.15) is 0 Å². The minimum absolute atomic E-state index is 0.108. The van der Waals surface area contributed by atoms with Crippen LogP contribution >= 0.6 is 0 Å². The molecule has 1 aromatic carbocycles. The minimum atomic E-state index is -3.23. The van der Waals surface area contributed by atoms with Gasteiger partial charge in [0.15, 0.2) is 0 Å². The highest BCUT2D eigenvalue weighted by Gasteiger charge is 2.10. The van der Waals surface area contributed by atoms with Gasteiger partial charge in [0.2, 0.25) is 10.0 Å². The standard InChI is InChI=1S/C14H19N3O3S/c1-3-10-21(19,20)15-9-8-13-16-12-7-5-4-6-11(12)14(18)17(13)2/h4-7,15H,3,8-10H2,1-2H3. The van der Waals surface area contributed by atoms with Crippen LogP contribution in [0.4, 0.5) is 0 Å². The monoisotopic (exact) mass is 309 g/mol. The predicted molar refractivity (Wildman–Crippen MR) is 82.8 cm³/mol. The molecule has 7 heteroatoms. The summed E-state index contributed by atoms with van der Waals surface area (Å²) < 4.78 is 27.2. The number of fused-ring (bicyclic) bond motifs is 1. The zero-order chi connectivity index (χ0) is 15.5. The normalized spacial score (nSPS) is 11.9. The molecule has 114 valence electrons. The van der Waals surface area contributed by atoms with Crippen molar-refractivity contribution in [3.8, 4) is 0 Å². The summed E-state index contributed by atoms with van der Waals surface area (Å²) in [6, 6.07) is 7.13. The number of rotatable bonds is 6. The van der Waals surface area contributed by atoms with E-state index in [1.54, 1.807) is 25.2 Å². The van der Waals surface area contributed by atoms with Crippen LogP contribution in [0.5, 0.6) is 0 Å². The Kier molecular flexibility index (Phi) is 4.74. The van der Waals surface area contributed by atoms with Crippen molar-refractivity contribution >= 4 is 20.9 Å². The molecule has 0 radical (unpaired) electrons. The molecule has 0 aliphatic heterocycles. The second-order valence-electron chi connectivity index (χ2n) is 4.87. The van der Waals surface area contributed by atoms with Crippen molar-refractivity contribution in [1.82, 2.24) is 14.3 Å². The van der Waals surface area contributed by atoms with Crippen molar-refractivity contribution in [3.63, 3.8) is 0 Å². The lowest BCUT2D eigenvalue weighted by Gasteiger charge is -2.10. The Hall–Kier alpha value is -1.73. The van der Waals surface area contributed by atoms with Crippen molar-refractivity contribution in [3.05, 3.63) is 40.4 Å². The first-order chi connectivity index (χ1) is 9.94. The minimum Gasteiger partial charge on any atom is -0.299 e. The van der Waals surface area contributed by atoms with Crippen molar-refractivity contribution < 1.29 is 8.42 Å². The number of benzene rings is 1. The van der Waals surface area contributed by atoms with Crippen LogP contribution in [-0.2, 0) is 23.5 Å². The van der Waals surface area contributed by atoms with Crippen molar-refractivity contribution in [2.45, 2.75) is 19.8 Å². The van der Waals surface area contributed by atoms with Crippen molar-refractivity contribution in [2.24, 2.45) is 7.05 Å². The molecule has 2 aromatic rings. The van der Waals surface area contributed by atoms with E-state index < -0.39 is 10.0 Å². The van der Waals surface area contributed by atoms with Gasteiger partial charge >= 0.3 is 0 Å². The van der Waals surface area contributed by atoms with Crippen LogP contribution in [-0.4, -0.2) is 30.3 Å². The average Bonchev–Trinajstić information content (AvgIpc) is 2.44. The van der Waals surface area contributed by atoms with Gasteiger partial charge in [-0.15, -0.1) is 0 Å². The molecule has 1 aromatic heterocycles. The first-order valence-corrected chi connectivity index (χ1v) is 8.52. The third kappa shape index (κ3) is 3.68. The van der Waals surface area contributed by atoms with Crippen LogP contribution in [0.3, 0.4) is 0 Å². The van der Waals surface area contributed by atoms with E-state index in [-0.39, 0.29) is 17.9 Å². The molecule has 0 amide bonds. The molecule has 0 aliphatic carbocycles. The molecule has 0 saturated heterocycles. The number of aromatic nitrogens is 2. The molecule has 6 nitrogen and oxygen atoms in total. The van der Waals surface area contributed by atoms with Gasteiger partial charge in [0, 0.05) is 20.0 Å². The van der Waals surface area contributed by atoms with Gasteiger partial charge in [-0.05, 0) is 18.6 Å². The van der Waals surface area contributed by atoms with E-state index >= 15 is 0 Å². The number of para-hydroxylation sites is 1. The van der Waals surface area contributed by atoms with Gasteiger partial charge in [-0.25, -0.2) is 18.1 Å². The van der Waals surface area contributed by atoms with Gasteiger partial charge in [0.1, 0.15) is 5.82 Å². The fourth-order valence-electron chi connectivity index (χ4n) is 2.15. The summed E-state index contributed by atoms with van der Waals surface area (Å²) in [5, 5.41) is 0.565. The van der Waals surface area contributed by atoms with Crippen LogP contribution < -0.4 is 10.3 Å². The Labute approximate surface area is 123 Å². The van der Waals surface area contributed by atoms with Gasteiger partial charge in [0.05, 0.1) is 16.7 Å². The molecule has 1 N–H and O–H groups in total. The summed E-state index contributed by atoms with van der Waals surface area (Å²) in [5.41, 5.74) is 0.513. The molecular formula is C14H19N3O3S. The first kappa shape index (κ1) is 15.7. The summed E-state index contributed by atoms with van der Waals surface area (Å²) >= 11 is 0. The smallest absolute Gasteiger partial charge is 0.261 e. The van der Waals surface area contributed by atoms with E-state index in [2.05, 4.69) is 9.71 Å². The Morgan fingerprint density at radius 3 is 2.71 bits per heavy atom. The Bertz CT molecular complexity index is 797. The molecule has 0 bridgehead atoms. The number of sulfonamides is 1. The maximum absolute atomic E-state index is 12.2. The topological polar surface area (TPSA) is 81.1 Å². The molecular weight excluding hydrogens is 290 g/mol. The molecule has 0 saturated carbocycles.